The maximum atomic E-state index is 14.1. The molecule has 2 aromatic carbocycles. The topological polar surface area (TPSA) is 131 Å². The largest absolute Gasteiger partial charge is 0.497 e. The van der Waals surface area contributed by atoms with Gasteiger partial charge in [0.15, 0.2) is 0 Å². The summed E-state index contributed by atoms with van der Waals surface area (Å²) in [5, 5.41) is 15.8. The van der Waals surface area contributed by atoms with Gasteiger partial charge in [-0.3, -0.25) is 24.2 Å². The first-order valence-corrected chi connectivity index (χ1v) is 15.8. The number of benzene rings is 2. The van der Waals surface area contributed by atoms with Crippen molar-refractivity contribution in [3.63, 3.8) is 0 Å². The van der Waals surface area contributed by atoms with E-state index < -0.39 is 5.91 Å². The minimum absolute atomic E-state index is 0.00316. The van der Waals surface area contributed by atoms with Crippen molar-refractivity contribution < 1.29 is 14.3 Å². The predicted octanol–water partition coefficient (Wildman–Crippen LogP) is 5.63. The molecule has 4 aromatic heterocycles. The van der Waals surface area contributed by atoms with Crippen LogP contribution in [0.1, 0.15) is 49.6 Å². The minimum Gasteiger partial charge on any atom is -0.497 e. The van der Waals surface area contributed by atoms with Crippen LogP contribution in [0.25, 0.3) is 16.7 Å². The highest BCUT2D eigenvalue weighted by molar-refractivity contribution is 7.17. The van der Waals surface area contributed by atoms with E-state index in [0.717, 1.165) is 41.7 Å². The fraction of sp³-hybridized carbons (Fsp3) is 0.171. The van der Waals surface area contributed by atoms with Crippen molar-refractivity contribution in [2.24, 2.45) is 0 Å². The van der Waals surface area contributed by atoms with E-state index in [1.165, 1.54) is 21.8 Å². The molecule has 11 heteroatoms. The molecule has 6 aromatic rings. The van der Waals surface area contributed by atoms with Crippen molar-refractivity contribution in [2.45, 2.75) is 32.2 Å². The summed E-state index contributed by atoms with van der Waals surface area (Å²) in [6.45, 7) is 0.188. The molecule has 0 radical (unpaired) electrons. The fourth-order valence-electron chi connectivity index (χ4n) is 5.91. The zero-order valence-electron chi connectivity index (χ0n) is 25.0. The Kier molecular flexibility index (Phi) is 7.67. The van der Waals surface area contributed by atoms with Crippen LogP contribution in [0.15, 0.2) is 89.9 Å². The van der Waals surface area contributed by atoms with Crippen molar-refractivity contribution in [1.29, 1.82) is 5.41 Å². The maximum Gasteiger partial charge on any atom is 0.267 e. The summed E-state index contributed by atoms with van der Waals surface area (Å²) >= 11 is 1.40. The number of pyridine rings is 2. The van der Waals surface area contributed by atoms with Gasteiger partial charge in [0.2, 0.25) is 0 Å². The van der Waals surface area contributed by atoms with Crippen LogP contribution in [0.2, 0.25) is 0 Å². The van der Waals surface area contributed by atoms with E-state index in [0.29, 0.717) is 33.3 Å². The number of nitrogens with zero attached hydrogens (tertiary/aromatic N) is 3. The number of amides is 2. The molecular weight excluding hydrogens is 600 g/mol. The Morgan fingerprint density at radius 3 is 2.50 bits per heavy atom. The molecular formula is C35H30N6O4S. The highest BCUT2D eigenvalue weighted by Crippen LogP contribution is 2.39. The van der Waals surface area contributed by atoms with Crippen LogP contribution in [-0.2, 0) is 19.4 Å². The molecule has 0 spiro atoms. The Bertz CT molecular complexity index is 2250. The molecule has 0 unspecified atom stereocenters. The summed E-state index contributed by atoms with van der Waals surface area (Å²) < 4.78 is 8.29. The third-order valence-electron chi connectivity index (χ3n) is 8.22. The van der Waals surface area contributed by atoms with E-state index in [1.54, 1.807) is 36.1 Å². The molecule has 0 saturated carbocycles. The van der Waals surface area contributed by atoms with Gasteiger partial charge in [0.1, 0.15) is 27.5 Å². The van der Waals surface area contributed by atoms with E-state index >= 15 is 0 Å². The van der Waals surface area contributed by atoms with Gasteiger partial charge in [0.25, 0.3) is 17.4 Å². The molecule has 3 N–H and O–H groups in total. The van der Waals surface area contributed by atoms with Gasteiger partial charge in [-0.2, -0.15) is 0 Å². The van der Waals surface area contributed by atoms with E-state index in [9.17, 15) is 19.8 Å². The fourth-order valence-corrected chi connectivity index (χ4v) is 7.19. The number of anilines is 2. The number of aryl methyl sites for hydroxylation is 1. The summed E-state index contributed by atoms with van der Waals surface area (Å²) in [6.07, 6.45) is 5.17. The standard InChI is InChI=1S/C35H30N6O4S/c1-45-23-16-14-21(15-17-23)20-41-30(36)25(19-26-31(41)38-28-13-7-8-18-40(28)35(26)44)32(42)39-34-29(24-11-5-6-12-27(24)46-34)33(43)37-22-9-3-2-4-10-22/h2-4,7-10,13-19,36H,5-6,11-12,20H2,1H3,(H,37,43)(H,39,42). The molecule has 0 atom stereocenters. The second kappa shape index (κ2) is 12.1. The van der Waals surface area contributed by atoms with Crippen molar-refractivity contribution in [3.05, 3.63) is 128 Å². The normalized spacial score (nSPS) is 12.5. The lowest BCUT2D eigenvalue weighted by atomic mass is 9.95. The van der Waals surface area contributed by atoms with Gasteiger partial charge < -0.3 is 19.9 Å². The van der Waals surface area contributed by atoms with E-state index in [-0.39, 0.29) is 34.4 Å². The number of para-hydroxylation sites is 1. The molecule has 2 amide bonds. The molecule has 4 heterocycles. The number of carbonyl (C=O) groups excluding carboxylic acids is 2. The van der Waals surface area contributed by atoms with Gasteiger partial charge in [-0.1, -0.05) is 36.4 Å². The van der Waals surface area contributed by atoms with E-state index in [2.05, 4.69) is 10.6 Å². The molecule has 0 bridgehead atoms. The van der Waals surface area contributed by atoms with Gasteiger partial charge >= 0.3 is 0 Å². The number of hydrogen-bond donors (Lipinski definition) is 3. The Hall–Kier alpha value is -5.55. The second-order valence-electron chi connectivity index (χ2n) is 11.1. The summed E-state index contributed by atoms with van der Waals surface area (Å²) in [7, 11) is 1.59. The first kappa shape index (κ1) is 29.2. The molecule has 10 nitrogen and oxygen atoms in total. The Balaban J connectivity index is 1.34. The van der Waals surface area contributed by atoms with Crippen LogP contribution in [0, 0.1) is 5.41 Å². The molecule has 1 aliphatic carbocycles. The number of aromatic nitrogens is 3. The average molecular weight is 631 g/mol. The van der Waals surface area contributed by atoms with Crippen molar-refractivity contribution in [1.82, 2.24) is 14.0 Å². The monoisotopic (exact) mass is 630 g/mol. The lowest BCUT2D eigenvalue weighted by molar-refractivity contribution is 0.102. The summed E-state index contributed by atoms with van der Waals surface area (Å²) in [5.41, 5.74) is 3.15. The Morgan fingerprint density at radius 1 is 0.957 bits per heavy atom. The Morgan fingerprint density at radius 2 is 1.72 bits per heavy atom. The van der Waals surface area contributed by atoms with Crippen LogP contribution < -0.4 is 26.4 Å². The van der Waals surface area contributed by atoms with Crippen molar-refractivity contribution in [2.75, 3.05) is 17.7 Å². The number of ether oxygens (including phenoxy) is 1. The quantitative estimate of drug-likeness (QED) is 0.197. The lowest BCUT2D eigenvalue weighted by Crippen LogP contribution is -2.32. The number of methoxy groups -OCH3 is 1. The molecule has 230 valence electrons. The van der Waals surface area contributed by atoms with E-state index in [4.69, 9.17) is 9.72 Å². The van der Waals surface area contributed by atoms with Crippen LogP contribution in [0.4, 0.5) is 10.7 Å². The number of fused-ring (bicyclic) bond motifs is 3. The number of carbonyl (C=O) groups is 2. The summed E-state index contributed by atoms with van der Waals surface area (Å²) in [5.74, 6) is -0.194. The van der Waals surface area contributed by atoms with Gasteiger partial charge in [0, 0.05) is 16.8 Å². The lowest BCUT2D eigenvalue weighted by Gasteiger charge is -2.15. The number of thiophene rings is 1. The predicted molar refractivity (Wildman–Crippen MR) is 178 cm³/mol. The van der Waals surface area contributed by atoms with Crippen LogP contribution in [0.3, 0.4) is 0 Å². The molecule has 7 rings (SSSR count). The van der Waals surface area contributed by atoms with Gasteiger partial charge in [-0.25, -0.2) is 4.98 Å². The molecule has 1 aliphatic rings. The van der Waals surface area contributed by atoms with Gasteiger partial charge in [-0.05, 0) is 79.3 Å². The summed E-state index contributed by atoms with van der Waals surface area (Å²) in [6, 6.07) is 23.2. The zero-order chi connectivity index (χ0) is 31.8. The highest BCUT2D eigenvalue weighted by Gasteiger charge is 2.28. The second-order valence-corrected chi connectivity index (χ2v) is 12.2. The molecule has 0 fully saturated rings. The van der Waals surface area contributed by atoms with Gasteiger partial charge in [0.05, 0.1) is 30.2 Å². The molecule has 0 aliphatic heterocycles. The SMILES string of the molecule is COc1ccc(Cn2c(=N)c(C(=O)Nc3sc4c(c3C(=O)Nc3ccccc3)CCCC4)cc3c(=O)n4ccccc4nc32)cc1. The van der Waals surface area contributed by atoms with Gasteiger partial charge in [-0.15, -0.1) is 11.3 Å². The third kappa shape index (κ3) is 5.34. The average Bonchev–Trinajstić information content (AvgIpc) is 3.45. The van der Waals surface area contributed by atoms with Crippen LogP contribution in [-0.4, -0.2) is 32.9 Å². The smallest absolute Gasteiger partial charge is 0.267 e. The van der Waals surface area contributed by atoms with Crippen molar-refractivity contribution >= 4 is 50.5 Å². The summed E-state index contributed by atoms with van der Waals surface area (Å²) in [4.78, 5) is 47.2. The number of rotatable bonds is 7. The third-order valence-corrected chi connectivity index (χ3v) is 9.43. The minimum atomic E-state index is -0.583. The zero-order valence-corrected chi connectivity index (χ0v) is 25.8. The van der Waals surface area contributed by atoms with Crippen LogP contribution in [0.5, 0.6) is 5.75 Å². The Labute approximate surface area is 267 Å². The molecule has 0 saturated heterocycles. The first-order chi connectivity index (χ1) is 22.4. The number of hydrogen-bond acceptors (Lipinski definition) is 7. The maximum absolute atomic E-state index is 14.1. The highest BCUT2D eigenvalue weighted by atomic mass is 32.1. The number of nitrogens with one attached hydrogen (secondary N) is 3. The van der Waals surface area contributed by atoms with Crippen molar-refractivity contribution in [3.8, 4) is 5.75 Å². The van der Waals surface area contributed by atoms with E-state index in [1.807, 2.05) is 54.6 Å². The molecule has 46 heavy (non-hydrogen) atoms. The van der Waals surface area contributed by atoms with Crippen LogP contribution >= 0.6 is 11.3 Å². The first-order valence-electron chi connectivity index (χ1n) is 15.0.